The van der Waals surface area contributed by atoms with Gasteiger partial charge < -0.3 is 10.3 Å². The third kappa shape index (κ3) is 3.06. The van der Waals surface area contributed by atoms with E-state index in [9.17, 15) is 0 Å². The fraction of sp³-hybridized carbons (Fsp3) is 0.333. The van der Waals surface area contributed by atoms with Gasteiger partial charge in [0.2, 0.25) is 0 Å². The number of rotatable bonds is 3. The van der Waals surface area contributed by atoms with Gasteiger partial charge in [-0.15, -0.1) is 0 Å². The van der Waals surface area contributed by atoms with E-state index < -0.39 is 0 Å². The average molecular weight is 296 g/mol. The number of nitrogens with zero attached hydrogens (tertiary/aromatic N) is 2. The van der Waals surface area contributed by atoms with Crippen LogP contribution in [-0.2, 0) is 6.42 Å². The molecule has 1 heterocycles. The molecule has 0 unspecified atom stereocenters. The molecule has 0 atom stereocenters. The lowest BCUT2D eigenvalue weighted by molar-refractivity contribution is 0.418. The third-order valence-corrected chi connectivity index (χ3v) is 2.68. The highest BCUT2D eigenvalue weighted by Gasteiger charge is 2.11. The van der Waals surface area contributed by atoms with Crippen molar-refractivity contribution in [3.63, 3.8) is 0 Å². The molecule has 5 heteroatoms. The summed E-state index contributed by atoms with van der Waals surface area (Å²) in [4.78, 5) is 4.35. The first-order chi connectivity index (χ1) is 8.04. The maximum absolute atomic E-state index is 5.76. The molecule has 0 fully saturated rings. The minimum Gasteiger partial charge on any atom is -0.399 e. The second kappa shape index (κ2) is 4.87. The first-order valence-corrected chi connectivity index (χ1v) is 6.23. The van der Waals surface area contributed by atoms with Crippen molar-refractivity contribution in [1.29, 1.82) is 0 Å². The molecule has 0 bridgehead atoms. The molecule has 4 nitrogen and oxygen atoms in total. The van der Waals surface area contributed by atoms with Crippen molar-refractivity contribution in [3.05, 3.63) is 28.5 Å². The number of hydrogen-bond acceptors (Lipinski definition) is 4. The van der Waals surface area contributed by atoms with Gasteiger partial charge in [-0.25, -0.2) is 0 Å². The lowest BCUT2D eigenvalue weighted by Gasteiger charge is -1.99. The van der Waals surface area contributed by atoms with Crippen LogP contribution in [0.2, 0.25) is 0 Å². The van der Waals surface area contributed by atoms with Gasteiger partial charge in [-0.05, 0) is 24.1 Å². The number of nitrogens with two attached hydrogens (primary N) is 1. The minimum atomic E-state index is 0.507. The lowest BCUT2D eigenvalue weighted by Crippen LogP contribution is -1.95. The summed E-state index contributed by atoms with van der Waals surface area (Å²) in [5.74, 6) is 1.75. The molecule has 17 heavy (non-hydrogen) atoms. The van der Waals surface area contributed by atoms with Crippen molar-refractivity contribution in [3.8, 4) is 11.5 Å². The van der Waals surface area contributed by atoms with Gasteiger partial charge in [0.15, 0.2) is 5.82 Å². The van der Waals surface area contributed by atoms with E-state index in [2.05, 4.69) is 39.9 Å². The highest BCUT2D eigenvalue weighted by molar-refractivity contribution is 9.10. The molecule has 2 aromatic rings. The predicted molar refractivity (Wildman–Crippen MR) is 70.4 cm³/mol. The average Bonchev–Trinajstić information content (AvgIpc) is 2.63. The van der Waals surface area contributed by atoms with E-state index in [1.807, 2.05) is 18.2 Å². The molecule has 0 amide bonds. The molecule has 1 aromatic carbocycles. The second-order valence-electron chi connectivity index (χ2n) is 4.39. The van der Waals surface area contributed by atoms with E-state index >= 15 is 0 Å². The molecular weight excluding hydrogens is 282 g/mol. The number of anilines is 1. The number of nitrogen functional groups attached to an aromatic ring is 1. The zero-order valence-electron chi connectivity index (χ0n) is 9.77. The fourth-order valence-electron chi connectivity index (χ4n) is 1.56. The van der Waals surface area contributed by atoms with E-state index in [0.717, 1.165) is 22.3 Å². The quantitative estimate of drug-likeness (QED) is 0.883. The van der Waals surface area contributed by atoms with Crippen molar-refractivity contribution in [2.45, 2.75) is 20.3 Å². The predicted octanol–water partition coefficient (Wildman–Crippen LogP) is 3.28. The molecule has 0 saturated heterocycles. The van der Waals surface area contributed by atoms with Gasteiger partial charge in [-0.3, -0.25) is 0 Å². The van der Waals surface area contributed by atoms with Gasteiger partial charge in [0.25, 0.3) is 5.89 Å². The zero-order valence-corrected chi connectivity index (χ0v) is 11.4. The summed E-state index contributed by atoms with van der Waals surface area (Å²) in [7, 11) is 0. The van der Waals surface area contributed by atoms with Gasteiger partial charge in [-0.1, -0.05) is 34.9 Å². The molecule has 90 valence electrons. The summed E-state index contributed by atoms with van der Waals surface area (Å²) in [6, 6.07) is 5.55. The highest BCUT2D eigenvalue weighted by atomic mass is 79.9. The number of hydrogen-bond donors (Lipinski definition) is 1. The first kappa shape index (κ1) is 12.1. The van der Waals surface area contributed by atoms with Crippen LogP contribution >= 0.6 is 15.9 Å². The van der Waals surface area contributed by atoms with Crippen molar-refractivity contribution < 1.29 is 4.52 Å². The topological polar surface area (TPSA) is 64.9 Å². The Morgan fingerprint density at radius 2 is 2.12 bits per heavy atom. The number of aromatic nitrogens is 2. The summed E-state index contributed by atoms with van der Waals surface area (Å²) in [6.07, 6.45) is 0.812. The third-order valence-electron chi connectivity index (χ3n) is 2.23. The Balaban J connectivity index is 2.30. The number of halogens is 1. The Morgan fingerprint density at radius 1 is 1.35 bits per heavy atom. The van der Waals surface area contributed by atoms with E-state index in [4.69, 9.17) is 10.3 Å². The molecule has 2 rings (SSSR count). The first-order valence-electron chi connectivity index (χ1n) is 5.43. The molecular formula is C12H14BrN3O. The summed E-state index contributed by atoms with van der Waals surface area (Å²) < 4.78 is 6.12. The molecule has 0 radical (unpaired) electrons. The van der Waals surface area contributed by atoms with Crippen molar-refractivity contribution >= 4 is 21.6 Å². The van der Waals surface area contributed by atoms with Crippen LogP contribution < -0.4 is 5.73 Å². The highest BCUT2D eigenvalue weighted by Crippen LogP contribution is 2.25. The fourth-order valence-corrected chi connectivity index (χ4v) is 2.07. The Bertz CT molecular complexity index is 502. The summed E-state index contributed by atoms with van der Waals surface area (Å²) in [5.41, 5.74) is 7.26. The van der Waals surface area contributed by atoms with Crippen LogP contribution in [-0.4, -0.2) is 10.1 Å². The van der Waals surface area contributed by atoms with E-state index in [1.54, 1.807) is 0 Å². The van der Waals surface area contributed by atoms with Crippen LogP contribution in [0.25, 0.3) is 11.5 Å². The Kier molecular flexibility index (Phi) is 3.47. The van der Waals surface area contributed by atoms with Crippen LogP contribution in [0.4, 0.5) is 5.69 Å². The minimum absolute atomic E-state index is 0.507. The molecule has 0 spiro atoms. The van der Waals surface area contributed by atoms with Crippen LogP contribution in [0.5, 0.6) is 0 Å². The van der Waals surface area contributed by atoms with Gasteiger partial charge in [-0.2, -0.15) is 4.98 Å². The van der Waals surface area contributed by atoms with Crippen LogP contribution in [0.3, 0.4) is 0 Å². The lowest BCUT2D eigenvalue weighted by atomic mass is 10.1. The molecule has 2 N–H and O–H groups in total. The van der Waals surface area contributed by atoms with Gasteiger partial charge >= 0.3 is 0 Å². The number of benzene rings is 1. The van der Waals surface area contributed by atoms with Gasteiger partial charge in [0.05, 0.1) is 0 Å². The Labute approximate surface area is 108 Å². The zero-order chi connectivity index (χ0) is 12.4. The maximum atomic E-state index is 5.76. The maximum Gasteiger partial charge on any atom is 0.258 e. The van der Waals surface area contributed by atoms with Gasteiger partial charge in [0, 0.05) is 22.1 Å². The van der Waals surface area contributed by atoms with Gasteiger partial charge in [0.1, 0.15) is 0 Å². The monoisotopic (exact) mass is 295 g/mol. The standard InChI is InChI=1S/C12H14BrN3O/c1-7(2)3-11-15-12(17-16-11)8-4-9(13)6-10(14)5-8/h4-7H,3,14H2,1-2H3. The molecule has 1 aromatic heterocycles. The summed E-state index contributed by atoms with van der Waals surface area (Å²) in [5, 5.41) is 3.95. The van der Waals surface area contributed by atoms with Crippen molar-refractivity contribution in [2.75, 3.05) is 5.73 Å². The second-order valence-corrected chi connectivity index (χ2v) is 5.30. The molecule has 0 aliphatic carbocycles. The van der Waals surface area contributed by atoms with Crippen LogP contribution in [0.1, 0.15) is 19.7 Å². The summed E-state index contributed by atoms with van der Waals surface area (Å²) in [6.45, 7) is 4.24. The van der Waals surface area contributed by atoms with E-state index in [1.165, 1.54) is 0 Å². The Hall–Kier alpha value is -1.36. The van der Waals surface area contributed by atoms with E-state index in [0.29, 0.717) is 17.5 Å². The molecule has 0 aliphatic heterocycles. The largest absolute Gasteiger partial charge is 0.399 e. The van der Waals surface area contributed by atoms with Crippen LogP contribution in [0, 0.1) is 5.92 Å². The van der Waals surface area contributed by atoms with Crippen LogP contribution in [0.15, 0.2) is 27.2 Å². The molecule has 0 saturated carbocycles. The Morgan fingerprint density at radius 3 is 2.76 bits per heavy atom. The molecule has 0 aliphatic rings. The van der Waals surface area contributed by atoms with Crippen molar-refractivity contribution in [1.82, 2.24) is 10.1 Å². The smallest absolute Gasteiger partial charge is 0.258 e. The normalized spacial score (nSPS) is 11.1. The summed E-state index contributed by atoms with van der Waals surface area (Å²) >= 11 is 3.39. The van der Waals surface area contributed by atoms with E-state index in [-0.39, 0.29) is 0 Å². The SMILES string of the molecule is CC(C)Cc1noc(-c2cc(N)cc(Br)c2)n1. The van der Waals surface area contributed by atoms with Crippen molar-refractivity contribution in [2.24, 2.45) is 5.92 Å².